The maximum Gasteiger partial charge on any atom is 0.0616 e. The average molecular weight is 429 g/mol. The number of rotatable bonds is 7. The molecule has 4 aliphatic rings. The van der Waals surface area contributed by atoms with Gasteiger partial charge in [-0.15, -0.1) is 0 Å². The minimum Gasteiger partial charge on any atom is -0.375 e. The zero-order valence-corrected chi connectivity index (χ0v) is 21.9. The molecule has 0 N–H and O–H groups in total. The SMILES string of the molecule is CC(C)CCCC(C)C1CC[C@H]2[C@@H]3CC=C4C[C@@H](OC(C)C)CC[C@]4(C)[C@H]3CC[C@]12C. The van der Waals surface area contributed by atoms with Crippen LogP contribution < -0.4 is 0 Å². The Morgan fingerprint density at radius 1 is 0.935 bits per heavy atom. The van der Waals surface area contributed by atoms with Crippen LogP contribution in [-0.4, -0.2) is 12.2 Å². The van der Waals surface area contributed by atoms with Crippen molar-refractivity contribution in [2.45, 2.75) is 131 Å². The lowest BCUT2D eigenvalue weighted by molar-refractivity contribution is -0.0707. The molecular formula is C30H52O. The van der Waals surface area contributed by atoms with Gasteiger partial charge in [-0.2, -0.15) is 0 Å². The third-order valence-electron chi connectivity index (χ3n) is 10.7. The summed E-state index contributed by atoms with van der Waals surface area (Å²) < 4.78 is 6.25. The Labute approximate surface area is 194 Å². The first-order valence-corrected chi connectivity index (χ1v) is 14.0. The van der Waals surface area contributed by atoms with Crippen LogP contribution >= 0.6 is 0 Å². The van der Waals surface area contributed by atoms with Gasteiger partial charge in [-0.1, -0.05) is 65.5 Å². The van der Waals surface area contributed by atoms with Gasteiger partial charge in [0.2, 0.25) is 0 Å². The molecule has 4 rings (SSSR count). The maximum atomic E-state index is 6.25. The largest absolute Gasteiger partial charge is 0.375 e. The van der Waals surface area contributed by atoms with Gasteiger partial charge >= 0.3 is 0 Å². The molecule has 0 aromatic heterocycles. The fraction of sp³-hybridized carbons (Fsp3) is 0.933. The van der Waals surface area contributed by atoms with Crippen molar-refractivity contribution in [3.8, 4) is 0 Å². The molecule has 0 aromatic carbocycles. The van der Waals surface area contributed by atoms with E-state index in [9.17, 15) is 0 Å². The summed E-state index contributed by atoms with van der Waals surface area (Å²) in [5, 5.41) is 0. The molecule has 0 aliphatic heterocycles. The van der Waals surface area contributed by atoms with Crippen molar-refractivity contribution in [1.29, 1.82) is 0 Å². The second-order valence-corrected chi connectivity index (χ2v) is 13.3. The summed E-state index contributed by atoms with van der Waals surface area (Å²) in [5.41, 5.74) is 2.84. The molecule has 0 saturated heterocycles. The van der Waals surface area contributed by atoms with E-state index in [1.807, 2.05) is 0 Å². The third kappa shape index (κ3) is 4.43. The van der Waals surface area contributed by atoms with Crippen molar-refractivity contribution < 1.29 is 4.74 Å². The maximum absolute atomic E-state index is 6.25. The van der Waals surface area contributed by atoms with Gasteiger partial charge in [0.25, 0.3) is 0 Å². The molecular weight excluding hydrogens is 376 g/mol. The Morgan fingerprint density at radius 2 is 1.71 bits per heavy atom. The molecule has 3 fully saturated rings. The molecule has 178 valence electrons. The number of fused-ring (bicyclic) bond motifs is 5. The van der Waals surface area contributed by atoms with Crippen LogP contribution in [0.5, 0.6) is 0 Å². The second kappa shape index (κ2) is 9.15. The van der Waals surface area contributed by atoms with E-state index in [-0.39, 0.29) is 0 Å². The quantitative estimate of drug-likeness (QED) is 0.368. The minimum atomic E-state index is 0.361. The summed E-state index contributed by atoms with van der Waals surface area (Å²) in [4.78, 5) is 0. The van der Waals surface area contributed by atoms with Gasteiger partial charge in [0, 0.05) is 0 Å². The van der Waals surface area contributed by atoms with Crippen molar-refractivity contribution in [3.63, 3.8) is 0 Å². The molecule has 0 bridgehead atoms. The Hall–Kier alpha value is -0.300. The first kappa shape index (κ1) is 23.8. The molecule has 0 heterocycles. The fourth-order valence-corrected chi connectivity index (χ4v) is 9.15. The Morgan fingerprint density at radius 3 is 2.42 bits per heavy atom. The fourth-order valence-electron chi connectivity index (χ4n) is 9.15. The van der Waals surface area contributed by atoms with Crippen molar-refractivity contribution in [2.75, 3.05) is 0 Å². The van der Waals surface area contributed by atoms with Crippen LogP contribution in [0.2, 0.25) is 0 Å². The van der Waals surface area contributed by atoms with Crippen LogP contribution in [0.15, 0.2) is 11.6 Å². The van der Waals surface area contributed by atoms with E-state index in [1.165, 1.54) is 70.6 Å². The van der Waals surface area contributed by atoms with Gasteiger partial charge in [-0.3, -0.25) is 0 Å². The third-order valence-corrected chi connectivity index (χ3v) is 10.7. The minimum absolute atomic E-state index is 0.361. The molecule has 1 heteroatoms. The summed E-state index contributed by atoms with van der Waals surface area (Å²) in [5.74, 6) is 5.60. The predicted molar refractivity (Wildman–Crippen MR) is 133 cm³/mol. The Balaban J connectivity index is 1.46. The van der Waals surface area contributed by atoms with Crippen LogP contribution in [-0.2, 0) is 4.74 Å². The van der Waals surface area contributed by atoms with Crippen LogP contribution in [0, 0.1) is 46.3 Å². The van der Waals surface area contributed by atoms with Crippen LogP contribution in [0.4, 0.5) is 0 Å². The highest BCUT2D eigenvalue weighted by atomic mass is 16.5. The van der Waals surface area contributed by atoms with Crippen molar-refractivity contribution in [1.82, 2.24) is 0 Å². The van der Waals surface area contributed by atoms with Gasteiger partial charge < -0.3 is 4.74 Å². The number of allylic oxidation sites excluding steroid dienone is 1. The van der Waals surface area contributed by atoms with Gasteiger partial charge in [-0.25, -0.2) is 0 Å². The highest BCUT2D eigenvalue weighted by Gasteiger charge is 2.59. The number of hydrogen-bond acceptors (Lipinski definition) is 1. The average Bonchev–Trinajstić information content (AvgIpc) is 3.05. The molecule has 0 radical (unpaired) electrons. The normalized spacial score (nSPS) is 43.4. The smallest absolute Gasteiger partial charge is 0.0616 e. The van der Waals surface area contributed by atoms with E-state index in [0.717, 1.165) is 35.5 Å². The molecule has 4 aliphatic carbocycles. The van der Waals surface area contributed by atoms with Gasteiger partial charge in [0.15, 0.2) is 0 Å². The van der Waals surface area contributed by atoms with E-state index in [4.69, 9.17) is 4.74 Å². The summed E-state index contributed by atoms with van der Waals surface area (Å²) in [6.45, 7) is 17.1. The Bertz CT molecular complexity index is 647. The molecule has 0 aromatic rings. The van der Waals surface area contributed by atoms with Crippen LogP contribution in [0.3, 0.4) is 0 Å². The molecule has 31 heavy (non-hydrogen) atoms. The zero-order valence-electron chi connectivity index (χ0n) is 21.9. The van der Waals surface area contributed by atoms with Gasteiger partial charge in [0.05, 0.1) is 12.2 Å². The second-order valence-electron chi connectivity index (χ2n) is 13.3. The van der Waals surface area contributed by atoms with E-state index < -0.39 is 0 Å². The number of hydrogen-bond donors (Lipinski definition) is 0. The summed E-state index contributed by atoms with van der Waals surface area (Å²) in [6.07, 6.45) is 19.0. The first-order chi connectivity index (χ1) is 14.6. The molecule has 2 unspecified atom stereocenters. The summed E-state index contributed by atoms with van der Waals surface area (Å²) in [7, 11) is 0. The van der Waals surface area contributed by atoms with E-state index in [2.05, 4.69) is 54.5 Å². The van der Waals surface area contributed by atoms with Crippen molar-refractivity contribution in [3.05, 3.63) is 11.6 Å². The molecule has 1 nitrogen and oxygen atoms in total. The van der Waals surface area contributed by atoms with Gasteiger partial charge in [-0.05, 0) is 112 Å². The lowest BCUT2D eigenvalue weighted by Gasteiger charge is -2.58. The standard InChI is InChI=1S/C30H52O/c1-20(2)9-8-10-22(5)26-13-14-27-25-12-11-23-19-24(31-21(3)4)15-17-29(23,6)28(25)16-18-30(26,27)7/h11,20-22,24-28H,8-10,12-19H2,1-7H3/t22?,24-,25-,26?,27-,28-,29-,30+/m0/s1. The molecule has 3 saturated carbocycles. The molecule has 0 amide bonds. The predicted octanol–water partition coefficient (Wildman–Crippen LogP) is 8.82. The topological polar surface area (TPSA) is 9.23 Å². The monoisotopic (exact) mass is 428 g/mol. The van der Waals surface area contributed by atoms with Gasteiger partial charge in [0.1, 0.15) is 0 Å². The highest BCUT2D eigenvalue weighted by molar-refractivity contribution is 5.25. The lowest BCUT2D eigenvalue weighted by atomic mass is 9.47. The van der Waals surface area contributed by atoms with E-state index in [0.29, 0.717) is 23.0 Å². The lowest BCUT2D eigenvalue weighted by Crippen LogP contribution is -2.51. The first-order valence-electron chi connectivity index (χ1n) is 14.0. The molecule has 8 atom stereocenters. The summed E-state index contributed by atoms with van der Waals surface area (Å²) >= 11 is 0. The Kier molecular flexibility index (Phi) is 7.04. The van der Waals surface area contributed by atoms with Crippen molar-refractivity contribution in [2.24, 2.45) is 46.3 Å². The van der Waals surface area contributed by atoms with Crippen LogP contribution in [0.1, 0.15) is 119 Å². The number of ether oxygens (including phenoxy) is 1. The zero-order chi connectivity index (χ0) is 22.4. The van der Waals surface area contributed by atoms with Crippen LogP contribution in [0.25, 0.3) is 0 Å². The highest BCUT2D eigenvalue weighted by Crippen LogP contribution is 2.67. The van der Waals surface area contributed by atoms with E-state index in [1.54, 1.807) is 5.57 Å². The van der Waals surface area contributed by atoms with E-state index >= 15 is 0 Å². The van der Waals surface area contributed by atoms with Crippen molar-refractivity contribution >= 4 is 0 Å². The molecule has 0 spiro atoms. The summed E-state index contributed by atoms with van der Waals surface area (Å²) in [6, 6.07) is 0.